The SMILES string of the molecule is CC(=O)[C@]12C(=O)OC[C@H]1[C@H]1C=C[C@@H]2C1. The molecule has 1 saturated heterocycles. The number of esters is 1. The Hall–Kier alpha value is -1.12. The second kappa shape index (κ2) is 2.27. The van der Waals surface area contributed by atoms with E-state index in [2.05, 4.69) is 6.08 Å². The fraction of sp³-hybridized carbons (Fsp3) is 0.636. The van der Waals surface area contributed by atoms with E-state index in [9.17, 15) is 9.59 Å². The highest BCUT2D eigenvalue weighted by molar-refractivity contribution is 6.05. The summed E-state index contributed by atoms with van der Waals surface area (Å²) < 4.78 is 5.07. The molecule has 0 aromatic carbocycles. The Bertz CT molecular complexity index is 358. The van der Waals surface area contributed by atoms with Gasteiger partial charge in [0.1, 0.15) is 11.2 Å². The highest BCUT2D eigenvalue weighted by atomic mass is 16.5. The Balaban J connectivity index is 2.17. The molecule has 2 fully saturated rings. The van der Waals surface area contributed by atoms with Gasteiger partial charge in [0.15, 0.2) is 0 Å². The van der Waals surface area contributed by atoms with E-state index in [1.807, 2.05) is 6.08 Å². The van der Waals surface area contributed by atoms with Crippen LogP contribution in [-0.4, -0.2) is 18.4 Å². The molecule has 1 saturated carbocycles. The third-order valence-electron chi connectivity index (χ3n) is 4.12. The van der Waals surface area contributed by atoms with E-state index < -0.39 is 5.41 Å². The van der Waals surface area contributed by atoms with Crippen LogP contribution in [0.15, 0.2) is 12.2 Å². The predicted molar refractivity (Wildman–Crippen MR) is 48.3 cm³/mol. The molecule has 0 unspecified atom stereocenters. The number of carbonyl (C=O) groups is 2. The average molecular weight is 192 g/mol. The summed E-state index contributed by atoms with van der Waals surface area (Å²) in [6.07, 6.45) is 5.12. The van der Waals surface area contributed by atoms with Gasteiger partial charge in [-0.25, -0.2) is 0 Å². The highest BCUT2D eigenvalue weighted by Gasteiger charge is 2.67. The first-order valence-corrected chi connectivity index (χ1v) is 5.04. The van der Waals surface area contributed by atoms with Gasteiger partial charge >= 0.3 is 5.97 Å². The maximum Gasteiger partial charge on any atom is 0.320 e. The van der Waals surface area contributed by atoms with Gasteiger partial charge in [-0.1, -0.05) is 12.2 Å². The zero-order chi connectivity index (χ0) is 9.92. The molecule has 0 radical (unpaired) electrons. The van der Waals surface area contributed by atoms with Crippen LogP contribution < -0.4 is 0 Å². The molecule has 2 aliphatic carbocycles. The molecule has 2 bridgehead atoms. The number of fused-ring (bicyclic) bond motifs is 5. The summed E-state index contributed by atoms with van der Waals surface area (Å²) in [5.41, 5.74) is -0.806. The molecule has 0 aromatic heterocycles. The molecule has 1 aliphatic heterocycles. The van der Waals surface area contributed by atoms with Gasteiger partial charge in [0.2, 0.25) is 0 Å². The number of allylic oxidation sites excluding steroid dienone is 2. The molecule has 3 nitrogen and oxygen atoms in total. The Morgan fingerprint density at radius 1 is 1.57 bits per heavy atom. The van der Waals surface area contributed by atoms with E-state index in [0.29, 0.717) is 12.5 Å². The minimum atomic E-state index is -0.806. The molecule has 3 aliphatic rings. The number of hydrogen-bond acceptors (Lipinski definition) is 3. The van der Waals surface area contributed by atoms with Crippen LogP contribution in [0.3, 0.4) is 0 Å². The quantitative estimate of drug-likeness (QED) is 0.353. The van der Waals surface area contributed by atoms with Gasteiger partial charge in [-0.05, 0) is 19.3 Å². The molecule has 4 atom stereocenters. The first kappa shape index (κ1) is 8.21. The number of ketones is 1. The predicted octanol–water partition coefficient (Wildman–Crippen LogP) is 0.941. The Morgan fingerprint density at radius 2 is 2.36 bits per heavy atom. The van der Waals surface area contributed by atoms with Gasteiger partial charge in [0, 0.05) is 11.8 Å². The Morgan fingerprint density at radius 3 is 3.00 bits per heavy atom. The van der Waals surface area contributed by atoms with Crippen LogP contribution in [0.2, 0.25) is 0 Å². The smallest absolute Gasteiger partial charge is 0.320 e. The lowest BCUT2D eigenvalue weighted by molar-refractivity contribution is -0.152. The topological polar surface area (TPSA) is 43.4 Å². The van der Waals surface area contributed by atoms with Crippen molar-refractivity contribution in [2.75, 3.05) is 6.61 Å². The van der Waals surface area contributed by atoms with E-state index >= 15 is 0 Å². The van der Waals surface area contributed by atoms with Crippen LogP contribution in [-0.2, 0) is 14.3 Å². The Labute approximate surface area is 82.1 Å². The summed E-state index contributed by atoms with van der Waals surface area (Å²) in [5, 5.41) is 0. The van der Waals surface area contributed by atoms with Crippen molar-refractivity contribution in [3.63, 3.8) is 0 Å². The van der Waals surface area contributed by atoms with Gasteiger partial charge in [-0.15, -0.1) is 0 Å². The van der Waals surface area contributed by atoms with E-state index in [0.717, 1.165) is 6.42 Å². The number of rotatable bonds is 1. The molecule has 3 heteroatoms. The number of carbonyl (C=O) groups excluding carboxylic acids is 2. The molecule has 14 heavy (non-hydrogen) atoms. The van der Waals surface area contributed by atoms with Crippen LogP contribution in [0, 0.1) is 23.2 Å². The van der Waals surface area contributed by atoms with E-state index in [1.165, 1.54) is 6.92 Å². The largest absolute Gasteiger partial charge is 0.465 e. The van der Waals surface area contributed by atoms with Gasteiger partial charge in [-0.2, -0.15) is 0 Å². The second-order valence-corrected chi connectivity index (χ2v) is 4.52. The van der Waals surface area contributed by atoms with E-state index in [-0.39, 0.29) is 23.6 Å². The molecule has 0 amide bonds. The van der Waals surface area contributed by atoms with Crippen LogP contribution in [0.1, 0.15) is 13.3 Å². The lowest BCUT2D eigenvalue weighted by Crippen LogP contribution is -2.43. The van der Waals surface area contributed by atoms with E-state index in [1.54, 1.807) is 0 Å². The van der Waals surface area contributed by atoms with Crippen LogP contribution in [0.5, 0.6) is 0 Å². The number of cyclic esters (lactones) is 1. The summed E-state index contributed by atoms with van der Waals surface area (Å²) in [6.45, 7) is 1.96. The normalized spacial score (nSPS) is 48.1. The summed E-state index contributed by atoms with van der Waals surface area (Å²) in [5.74, 6) is 0.302. The molecule has 0 aromatic rings. The first-order chi connectivity index (χ1) is 6.67. The maximum atomic E-state index is 11.7. The third kappa shape index (κ3) is 0.636. The van der Waals surface area contributed by atoms with Crippen molar-refractivity contribution < 1.29 is 14.3 Å². The minimum absolute atomic E-state index is 0.0122. The summed E-state index contributed by atoms with van der Waals surface area (Å²) >= 11 is 0. The molecular weight excluding hydrogens is 180 g/mol. The molecular formula is C11H12O3. The molecule has 0 spiro atoms. The highest BCUT2D eigenvalue weighted by Crippen LogP contribution is 2.59. The van der Waals surface area contributed by atoms with Gasteiger partial charge < -0.3 is 4.74 Å². The minimum Gasteiger partial charge on any atom is -0.465 e. The van der Waals surface area contributed by atoms with E-state index in [4.69, 9.17) is 4.74 Å². The Kier molecular flexibility index (Phi) is 1.33. The number of hydrogen-bond donors (Lipinski definition) is 0. The van der Waals surface area contributed by atoms with Gasteiger partial charge in [0.25, 0.3) is 0 Å². The van der Waals surface area contributed by atoms with Crippen LogP contribution >= 0.6 is 0 Å². The molecule has 74 valence electrons. The van der Waals surface area contributed by atoms with Crippen molar-refractivity contribution in [1.82, 2.24) is 0 Å². The zero-order valence-electron chi connectivity index (χ0n) is 8.03. The van der Waals surface area contributed by atoms with Gasteiger partial charge in [0.05, 0.1) is 6.61 Å². The number of ether oxygens (including phenoxy) is 1. The van der Waals surface area contributed by atoms with Crippen LogP contribution in [0.4, 0.5) is 0 Å². The number of Topliss-reactive ketones (excluding diaryl/α,β-unsaturated/α-hetero) is 1. The van der Waals surface area contributed by atoms with Crippen molar-refractivity contribution in [2.45, 2.75) is 13.3 Å². The average Bonchev–Trinajstić information content (AvgIpc) is 2.75. The molecule has 3 rings (SSSR count). The lowest BCUT2D eigenvalue weighted by atomic mass is 9.68. The van der Waals surface area contributed by atoms with Crippen LogP contribution in [0.25, 0.3) is 0 Å². The zero-order valence-corrected chi connectivity index (χ0v) is 8.03. The van der Waals surface area contributed by atoms with Crippen molar-refractivity contribution in [2.24, 2.45) is 23.2 Å². The van der Waals surface area contributed by atoms with Crippen molar-refractivity contribution >= 4 is 11.8 Å². The van der Waals surface area contributed by atoms with Crippen molar-refractivity contribution in [3.05, 3.63) is 12.2 Å². The van der Waals surface area contributed by atoms with Gasteiger partial charge in [-0.3, -0.25) is 9.59 Å². The van der Waals surface area contributed by atoms with Crippen molar-refractivity contribution in [3.8, 4) is 0 Å². The monoisotopic (exact) mass is 192 g/mol. The lowest BCUT2D eigenvalue weighted by Gasteiger charge is -2.29. The summed E-state index contributed by atoms with van der Waals surface area (Å²) in [6, 6.07) is 0. The second-order valence-electron chi connectivity index (χ2n) is 4.52. The maximum absolute atomic E-state index is 11.7. The fourth-order valence-electron chi connectivity index (χ4n) is 3.48. The molecule has 1 heterocycles. The first-order valence-electron chi connectivity index (χ1n) is 5.04. The standard InChI is InChI=1S/C11H12O3/c1-6(12)11-8-3-2-7(4-8)9(11)5-14-10(11)13/h2-3,7-9H,4-5H2,1H3/t7-,8+,9-,11+/m0/s1. The molecule has 0 N–H and O–H groups in total. The fourth-order valence-corrected chi connectivity index (χ4v) is 3.48. The summed E-state index contributed by atoms with van der Waals surface area (Å²) in [7, 11) is 0. The summed E-state index contributed by atoms with van der Waals surface area (Å²) in [4.78, 5) is 23.4. The van der Waals surface area contributed by atoms with Crippen molar-refractivity contribution in [1.29, 1.82) is 0 Å². The third-order valence-corrected chi connectivity index (χ3v) is 4.12.